The molecule has 1 aromatic carbocycles. The van der Waals surface area contributed by atoms with E-state index in [9.17, 15) is 4.79 Å². The van der Waals surface area contributed by atoms with Gasteiger partial charge in [-0.15, -0.1) is 0 Å². The molecule has 6 nitrogen and oxygen atoms in total. The van der Waals surface area contributed by atoms with E-state index >= 15 is 0 Å². The van der Waals surface area contributed by atoms with Crippen molar-refractivity contribution < 1.29 is 9.21 Å². The topological polar surface area (TPSA) is 80.9 Å². The largest absolute Gasteiger partial charge is 0.451 e. The summed E-state index contributed by atoms with van der Waals surface area (Å²) in [6, 6.07) is 5.59. The molecule has 0 spiro atoms. The molecule has 8 heteroatoms. The molecule has 0 aliphatic rings. The molecule has 96 valence electrons. The molecule has 1 N–H and O–H groups in total. The van der Waals surface area contributed by atoms with Crippen molar-refractivity contribution in [2.45, 2.75) is 6.92 Å². The summed E-state index contributed by atoms with van der Waals surface area (Å²) >= 11 is 4.40. The van der Waals surface area contributed by atoms with Gasteiger partial charge in [0.05, 0.1) is 0 Å². The lowest BCUT2D eigenvalue weighted by molar-refractivity contribution is 0.0998. The van der Waals surface area contributed by atoms with E-state index in [0.29, 0.717) is 10.7 Å². The fourth-order valence-electron chi connectivity index (χ4n) is 1.75. The zero-order valence-corrected chi connectivity index (χ0v) is 12.1. The second-order valence-corrected chi connectivity index (χ2v) is 5.47. The van der Waals surface area contributed by atoms with Crippen LogP contribution >= 0.6 is 27.5 Å². The van der Waals surface area contributed by atoms with Crippen LogP contribution in [0.25, 0.3) is 11.0 Å². The van der Waals surface area contributed by atoms with Crippen LogP contribution in [-0.2, 0) is 0 Å². The average molecular weight is 339 g/mol. The summed E-state index contributed by atoms with van der Waals surface area (Å²) in [5.74, 6) is -0.0910. The number of nitrogens with one attached hydrogen (secondary N) is 1. The summed E-state index contributed by atoms with van der Waals surface area (Å²) in [5, 5.41) is 10.9. The zero-order chi connectivity index (χ0) is 13.4. The minimum atomic E-state index is -0.358. The lowest BCUT2D eigenvalue weighted by Gasteiger charge is -1.97. The number of rotatable bonds is 2. The molecule has 0 atom stereocenters. The van der Waals surface area contributed by atoms with Gasteiger partial charge in [0.25, 0.3) is 5.91 Å². The molecule has 2 heterocycles. The van der Waals surface area contributed by atoms with E-state index in [-0.39, 0.29) is 11.7 Å². The Morgan fingerprint density at radius 3 is 3.05 bits per heavy atom. The molecule has 0 saturated heterocycles. The number of nitrogens with zero attached hydrogens (tertiary/aromatic N) is 3. The number of anilines is 1. The molecule has 0 radical (unpaired) electrons. The highest BCUT2D eigenvalue weighted by Gasteiger charge is 2.18. The lowest BCUT2D eigenvalue weighted by atomic mass is 10.1. The molecule has 3 rings (SSSR count). The minimum absolute atomic E-state index is 0.267. The summed E-state index contributed by atoms with van der Waals surface area (Å²) < 4.78 is 10.1. The van der Waals surface area contributed by atoms with Gasteiger partial charge < -0.3 is 4.42 Å². The SMILES string of the molecule is Cc1c(C(=O)Nc2nnns2)oc2ccc(Br)cc12. The number of carbonyl (C=O) groups excluding carboxylic acids is 1. The third kappa shape index (κ3) is 2.24. The molecule has 1 amide bonds. The summed E-state index contributed by atoms with van der Waals surface area (Å²) in [5.41, 5.74) is 1.45. The van der Waals surface area contributed by atoms with Gasteiger partial charge in [-0.25, -0.2) is 0 Å². The third-order valence-corrected chi connectivity index (χ3v) is 3.63. The monoisotopic (exact) mass is 338 g/mol. The third-order valence-electron chi connectivity index (χ3n) is 2.62. The molecule has 0 fully saturated rings. The van der Waals surface area contributed by atoms with Crippen LogP contribution < -0.4 is 5.32 Å². The molecule has 3 aromatic rings. The van der Waals surface area contributed by atoms with Gasteiger partial charge in [-0.2, -0.15) is 0 Å². The highest BCUT2D eigenvalue weighted by molar-refractivity contribution is 9.10. The lowest BCUT2D eigenvalue weighted by Crippen LogP contribution is -2.11. The zero-order valence-electron chi connectivity index (χ0n) is 9.68. The van der Waals surface area contributed by atoms with Crippen LogP contribution in [0.2, 0.25) is 0 Å². The number of fused-ring (bicyclic) bond motifs is 1. The van der Waals surface area contributed by atoms with Crippen LogP contribution in [0.4, 0.5) is 5.13 Å². The van der Waals surface area contributed by atoms with Crippen molar-refractivity contribution in [1.82, 2.24) is 14.8 Å². The van der Waals surface area contributed by atoms with Crippen LogP contribution in [0, 0.1) is 6.92 Å². The average Bonchev–Trinajstić information content (AvgIpc) is 2.98. The number of hydrogen-bond acceptors (Lipinski definition) is 6. The molecular weight excluding hydrogens is 332 g/mol. The van der Waals surface area contributed by atoms with Crippen LogP contribution in [0.15, 0.2) is 27.1 Å². The Kier molecular flexibility index (Phi) is 3.03. The Morgan fingerprint density at radius 1 is 1.47 bits per heavy atom. The molecule has 0 bridgehead atoms. The number of aromatic nitrogens is 3. The fourth-order valence-corrected chi connectivity index (χ4v) is 2.47. The van der Waals surface area contributed by atoms with Crippen LogP contribution in [0.5, 0.6) is 0 Å². The van der Waals surface area contributed by atoms with E-state index < -0.39 is 0 Å². The van der Waals surface area contributed by atoms with Crippen LogP contribution in [0.3, 0.4) is 0 Å². The van der Waals surface area contributed by atoms with Gasteiger partial charge in [-0.1, -0.05) is 25.5 Å². The first-order valence-electron chi connectivity index (χ1n) is 5.30. The fraction of sp³-hybridized carbons (Fsp3) is 0.0909. The van der Waals surface area contributed by atoms with E-state index in [1.165, 1.54) is 0 Å². The van der Waals surface area contributed by atoms with E-state index in [1.54, 1.807) is 0 Å². The predicted molar refractivity (Wildman–Crippen MR) is 74.3 cm³/mol. The van der Waals surface area contributed by atoms with Gasteiger partial charge >= 0.3 is 0 Å². The highest BCUT2D eigenvalue weighted by Crippen LogP contribution is 2.28. The number of furan rings is 1. The van der Waals surface area contributed by atoms with Gasteiger partial charge in [0, 0.05) is 27.0 Å². The Morgan fingerprint density at radius 2 is 2.32 bits per heavy atom. The number of benzene rings is 1. The second-order valence-electron chi connectivity index (χ2n) is 3.82. The van der Waals surface area contributed by atoms with Crippen molar-refractivity contribution in [2.24, 2.45) is 0 Å². The number of hydrogen-bond donors (Lipinski definition) is 1. The number of carbonyl (C=O) groups is 1. The van der Waals surface area contributed by atoms with Gasteiger partial charge in [0.2, 0.25) is 5.13 Å². The van der Waals surface area contributed by atoms with E-state index in [2.05, 4.69) is 36.0 Å². The first-order chi connectivity index (χ1) is 9.15. The van der Waals surface area contributed by atoms with Crippen molar-refractivity contribution in [3.63, 3.8) is 0 Å². The second kappa shape index (κ2) is 4.71. The number of amides is 1. The van der Waals surface area contributed by atoms with Crippen molar-refractivity contribution >= 4 is 49.5 Å². The summed E-state index contributed by atoms with van der Waals surface area (Å²) in [6.45, 7) is 1.84. The summed E-state index contributed by atoms with van der Waals surface area (Å²) in [4.78, 5) is 12.1. The molecule has 0 saturated carbocycles. The first kappa shape index (κ1) is 12.2. The molecule has 2 aromatic heterocycles. The van der Waals surface area contributed by atoms with E-state index in [1.807, 2.05) is 25.1 Å². The Bertz CT molecular complexity index is 753. The van der Waals surface area contributed by atoms with Gasteiger partial charge in [-0.3, -0.25) is 10.1 Å². The van der Waals surface area contributed by atoms with Crippen molar-refractivity contribution in [3.05, 3.63) is 34.0 Å². The maximum absolute atomic E-state index is 12.1. The molecule has 0 unspecified atom stereocenters. The standard InChI is InChI=1S/C11H7BrN4O2S/c1-5-7-4-6(12)2-3-8(7)18-9(5)10(17)13-11-14-15-16-19-11/h2-4H,1H3,(H,13,14,16,17). The molecule has 0 aliphatic carbocycles. The van der Waals surface area contributed by atoms with Crippen LogP contribution in [0.1, 0.15) is 16.1 Å². The van der Waals surface area contributed by atoms with Crippen molar-refractivity contribution in [2.75, 3.05) is 5.32 Å². The molecule has 19 heavy (non-hydrogen) atoms. The quantitative estimate of drug-likeness (QED) is 0.776. The normalized spacial score (nSPS) is 10.8. The first-order valence-corrected chi connectivity index (χ1v) is 6.87. The number of halogens is 1. The molecule has 0 aliphatic heterocycles. The minimum Gasteiger partial charge on any atom is -0.451 e. The highest BCUT2D eigenvalue weighted by atomic mass is 79.9. The number of aryl methyl sites for hydroxylation is 1. The Balaban J connectivity index is 2.00. The maximum atomic E-state index is 12.1. The Hall–Kier alpha value is -1.80. The van der Waals surface area contributed by atoms with Gasteiger partial charge in [0.15, 0.2) is 5.76 Å². The van der Waals surface area contributed by atoms with Gasteiger partial charge in [-0.05, 0) is 30.3 Å². The van der Waals surface area contributed by atoms with E-state index in [4.69, 9.17) is 4.42 Å². The van der Waals surface area contributed by atoms with Crippen molar-refractivity contribution in [3.8, 4) is 0 Å². The predicted octanol–water partition coefficient (Wildman–Crippen LogP) is 3.00. The van der Waals surface area contributed by atoms with E-state index in [0.717, 1.165) is 27.0 Å². The Labute approximate surface area is 120 Å². The van der Waals surface area contributed by atoms with Crippen molar-refractivity contribution in [1.29, 1.82) is 0 Å². The molecular formula is C11H7BrN4O2S. The summed E-state index contributed by atoms with van der Waals surface area (Å²) in [7, 11) is 0. The smallest absolute Gasteiger partial charge is 0.293 e. The maximum Gasteiger partial charge on any atom is 0.293 e. The van der Waals surface area contributed by atoms with Crippen LogP contribution in [-0.4, -0.2) is 20.7 Å². The van der Waals surface area contributed by atoms with Gasteiger partial charge in [0.1, 0.15) is 5.58 Å². The summed E-state index contributed by atoms with van der Waals surface area (Å²) in [6.07, 6.45) is 0.